The van der Waals surface area contributed by atoms with Gasteiger partial charge in [0.15, 0.2) is 5.58 Å². The first-order valence-electron chi connectivity index (χ1n) is 32.3. The summed E-state index contributed by atoms with van der Waals surface area (Å²) in [6.45, 7) is 4.44. The number of benzene rings is 14. The van der Waals surface area contributed by atoms with Crippen LogP contribution in [0.4, 0.5) is 0 Å². The third kappa shape index (κ3) is 8.21. The number of furan rings is 1. The van der Waals surface area contributed by atoms with Crippen LogP contribution in [0.2, 0.25) is 0 Å². The summed E-state index contributed by atoms with van der Waals surface area (Å²) in [5, 5.41) is 8.07. The van der Waals surface area contributed by atoms with Gasteiger partial charge in [0, 0.05) is 49.3 Å². The van der Waals surface area contributed by atoms with Crippen LogP contribution in [0, 0.1) is 13.8 Å². The molecule has 94 heavy (non-hydrogen) atoms. The summed E-state index contributed by atoms with van der Waals surface area (Å²) in [5.74, 6) is 0. The molecule has 14 aromatic carbocycles. The van der Waals surface area contributed by atoms with E-state index in [2.05, 4.69) is 332 Å². The number of aryl methyl sites for hydroxylation is 2. The van der Waals surface area contributed by atoms with E-state index in [1.807, 2.05) is 0 Å². The molecule has 0 saturated carbocycles. The van der Waals surface area contributed by atoms with Crippen molar-refractivity contribution in [1.29, 1.82) is 0 Å². The lowest BCUT2D eigenvalue weighted by Gasteiger charge is -2.35. The van der Waals surface area contributed by atoms with E-state index in [0.29, 0.717) is 5.58 Å². The largest absolute Gasteiger partial charge is 0.451 e. The summed E-state index contributed by atoms with van der Waals surface area (Å²) in [5.41, 5.74) is 29.6. The van der Waals surface area contributed by atoms with E-state index < -0.39 is 5.41 Å². The molecule has 19 rings (SSSR count). The molecule has 1 aliphatic carbocycles. The van der Waals surface area contributed by atoms with Gasteiger partial charge in [-0.05, 0) is 182 Å². The van der Waals surface area contributed by atoms with Crippen LogP contribution in [0.5, 0.6) is 0 Å². The zero-order valence-electron chi connectivity index (χ0n) is 51.7. The van der Waals surface area contributed by atoms with E-state index >= 15 is 0 Å². The zero-order chi connectivity index (χ0) is 62.2. The minimum atomic E-state index is -0.666. The molecule has 0 saturated heterocycles. The summed E-state index contributed by atoms with van der Waals surface area (Å²) >= 11 is 0. The Morgan fingerprint density at radius 3 is 1.44 bits per heavy atom. The van der Waals surface area contributed by atoms with Crippen LogP contribution in [-0.2, 0) is 5.41 Å². The van der Waals surface area contributed by atoms with Gasteiger partial charge in [0.25, 0.3) is 0 Å². The summed E-state index contributed by atoms with van der Waals surface area (Å²) in [7, 11) is 0. The third-order valence-electron chi connectivity index (χ3n) is 20.0. The van der Waals surface area contributed by atoms with Crippen molar-refractivity contribution in [2.45, 2.75) is 19.3 Å². The molecule has 0 N–H and O–H groups in total. The molecule has 440 valence electrons. The van der Waals surface area contributed by atoms with Gasteiger partial charge in [-0.25, -0.2) is 9.97 Å². The highest BCUT2D eigenvalue weighted by Crippen LogP contribution is 2.57. The van der Waals surface area contributed by atoms with Crippen LogP contribution in [0.25, 0.3) is 155 Å². The maximum atomic E-state index is 6.76. The number of para-hydroxylation sites is 2. The second-order valence-corrected chi connectivity index (χ2v) is 25.4. The molecule has 1 aliphatic rings. The molecule has 0 spiro atoms. The molecule has 0 bridgehead atoms. The minimum Gasteiger partial charge on any atom is -0.451 e. The van der Waals surface area contributed by atoms with Gasteiger partial charge in [0.2, 0.25) is 0 Å². The van der Waals surface area contributed by atoms with Gasteiger partial charge in [-0.2, -0.15) is 0 Å². The summed E-state index contributed by atoms with van der Waals surface area (Å²) in [6, 6.07) is 114. The van der Waals surface area contributed by atoms with Crippen LogP contribution in [0.15, 0.2) is 320 Å². The lowest BCUT2D eigenvalue weighted by molar-refractivity contribution is 0.671. The fourth-order valence-electron chi connectivity index (χ4n) is 15.7. The highest BCUT2D eigenvalue weighted by molar-refractivity contribution is 6.16. The van der Waals surface area contributed by atoms with Crippen LogP contribution in [-0.4, -0.2) is 19.1 Å². The van der Waals surface area contributed by atoms with Crippen molar-refractivity contribution in [3.05, 3.63) is 349 Å². The Balaban J connectivity index is 0.711. The number of nitrogens with zero attached hydrogens (tertiary/aromatic N) is 4. The summed E-state index contributed by atoms with van der Waals surface area (Å²) < 4.78 is 11.6. The average Bonchev–Trinajstić information content (AvgIpc) is 1.52. The number of hydrogen-bond donors (Lipinski definition) is 0. The van der Waals surface area contributed by atoms with Gasteiger partial charge in [-0.3, -0.25) is 0 Å². The zero-order valence-corrected chi connectivity index (χ0v) is 51.7. The Kier molecular flexibility index (Phi) is 11.9. The normalized spacial score (nSPS) is 12.7. The number of fused-ring (bicyclic) bond motifs is 14. The van der Waals surface area contributed by atoms with Crippen molar-refractivity contribution in [2.24, 2.45) is 0 Å². The summed E-state index contributed by atoms with van der Waals surface area (Å²) in [4.78, 5) is 9.68. The lowest BCUT2D eigenvalue weighted by Crippen LogP contribution is -2.29. The van der Waals surface area contributed by atoms with E-state index in [0.717, 1.165) is 77.7 Å². The van der Waals surface area contributed by atoms with Gasteiger partial charge in [-0.1, -0.05) is 236 Å². The molecule has 0 atom stereocenters. The molecule has 5 heteroatoms. The average molecular weight is 1200 g/mol. The van der Waals surface area contributed by atoms with Gasteiger partial charge in [0.1, 0.15) is 23.1 Å². The van der Waals surface area contributed by atoms with Gasteiger partial charge < -0.3 is 13.6 Å². The van der Waals surface area contributed by atoms with Crippen LogP contribution in [0.1, 0.15) is 33.4 Å². The van der Waals surface area contributed by atoms with Crippen molar-refractivity contribution in [3.8, 4) is 78.3 Å². The van der Waals surface area contributed by atoms with E-state index in [1.165, 1.54) is 105 Å². The van der Waals surface area contributed by atoms with Gasteiger partial charge in [0.05, 0.1) is 27.5 Å². The number of hydrogen-bond acceptors (Lipinski definition) is 3. The quantitative estimate of drug-likeness (QED) is 0.145. The molecule has 4 heterocycles. The van der Waals surface area contributed by atoms with Gasteiger partial charge in [-0.15, -0.1) is 0 Å². The van der Waals surface area contributed by atoms with Crippen molar-refractivity contribution < 1.29 is 4.42 Å². The molecule has 0 aliphatic heterocycles. The first-order chi connectivity index (χ1) is 46.4. The molecule has 5 nitrogen and oxygen atoms in total. The van der Waals surface area contributed by atoms with E-state index in [4.69, 9.17) is 14.4 Å². The molecular formula is C89H58N4O. The van der Waals surface area contributed by atoms with Crippen molar-refractivity contribution >= 4 is 76.5 Å². The van der Waals surface area contributed by atoms with Crippen LogP contribution >= 0.6 is 0 Å². The second kappa shape index (κ2) is 20.9. The maximum Gasteiger partial charge on any atom is 0.180 e. The SMILES string of the molecule is Cc1ccc2c(c1)C(c1cccc(-c3cccc(-c4ncnc5c4oc4c6ccccc6ccc54)c3)c1)(c1cccc(-c3cccc(-n4c5ccccc5c5cc(-c6ccc7c(c6)c6ccccc6n7-c6ccc(-c7ccccc7)cc6)ccc54)c3)c1)c1cc(C)ccc1-2. The van der Waals surface area contributed by atoms with Gasteiger partial charge >= 0.3 is 0 Å². The van der Waals surface area contributed by atoms with Crippen molar-refractivity contribution in [1.82, 2.24) is 19.1 Å². The molecule has 18 aromatic rings. The Hall–Kier alpha value is -12.2. The lowest BCUT2D eigenvalue weighted by atomic mass is 9.66. The predicted octanol–water partition coefficient (Wildman–Crippen LogP) is 23.0. The van der Waals surface area contributed by atoms with Crippen molar-refractivity contribution in [3.63, 3.8) is 0 Å². The predicted molar refractivity (Wildman–Crippen MR) is 389 cm³/mol. The van der Waals surface area contributed by atoms with E-state index in [1.54, 1.807) is 6.33 Å². The van der Waals surface area contributed by atoms with Crippen LogP contribution in [0.3, 0.4) is 0 Å². The van der Waals surface area contributed by atoms with Crippen molar-refractivity contribution in [2.75, 3.05) is 0 Å². The minimum absolute atomic E-state index is 0.666. The Morgan fingerprint density at radius 2 is 0.787 bits per heavy atom. The fourth-order valence-corrected chi connectivity index (χ4v) is 15.7. The van der Waals surface area contributed by atoms with Crippen LogP contribution < -0.4 is 0 Å². The second-order valence-electron chi connectivity index (χ2n) is 25.4. The standard InChI is InChI=1S/C89H58N4O/c1-55-32-41-72-73-42-33-56(2)47-80(73)89(79(72)46-55,67-24-13-20-61(49-67)60-19-12-23-66(48-60)85-88-86(91-54-90-85)76-43-36-59-18-6-7-27-71(59)87(76)94-88)68-25-14-21-62(50-68)63-22-15-26-70(51-63)93-82-31-11-9-29-75(82)78-53-65(38-45-84(78)93)64-37-44-83-77(52-64)74-28-8-10-30-81(74)92(83)69-39-34-58(35-40-69)57-16-4-3-5-17-57/h3-54H,1-2H3. The molecular weight excluding hydrogens is 1140 g/mol. The fraction of sp³-hybridized carbons (Fsp3) is 0.0337. The molecule has 0 amide bonds. The first-order valence-corrected chi connectivity index (χ1v) is 32.3. The molecule has 0 unspecified atom stereocenters. The Morgan fingerprint density at radius 1 is 0.298 bits per heavy atom. The first kappa shape index (κ1) is 53.6. The molecule has 0 fully saturated rings. The van der Waals surface area contributed by atoms with E-state index in [9.17, 15) is 0 Å². The highest BCUT2D eigenvalue weighted by Gasteiger charge is 2.46. The Labute approximate surface area is 543 Å². The third-order valence-corrected chi connectivity index (χ3v) is 20.0. The Bertz CT molecular complexity index is 6090. The topological polar surface area (TPSA) is 48.8 Å². The molecule has 4 aromatic heterocycles. The molecule has 0 radical (unpaired) electrons. The maximum absolute atomic E-state index is 6.76. The number of rotatable bonds is 9. The van der Waals surface area contributed by atoms with E-state index in [-0.39, 0.29) is 0 Å². The number of aromatic nitrogens is 4. The highest BCUT2D eigenvalue weighted by atomic mass is 16.3. The summed E-state index contributed by atoms with van der Waals surface area (Å²) in [6.07, 6.45) is 1.66. The smallest absolute Gasteiger partial charge is 0.180 e. The monoisotopic (exact) mass is 1200 g/mol.